The topological polar surface area (TPSA) is 133 Å². The molecule has 258 valence electrons. The van der Waals surface area contributed by atoms with Gasteiger partial charge in [-0.15, -0.1) is 0 Å². The van der Waals surface area contributed by atoms with Crippen molar-refractivity contribution in [2.75, 3.05) is 13.2 Å². The molecule has 12 heteroatoms. The van der Waals surface area contributed by atoms with Crippen LogP contribution in [0.5, 0.6) is 11.5 Å². The lowest BCUT2D eigenvalue weighted by molar-refractivity contribution is -0.138. The highest BCUT2D eigenvalue weighted by Gasteiger charge is 2.26. The second-order valence-electron chi connectivity index (χ2n) is 12.7. The zero-order valence-electron chi connectivity index (χ0n) is 28.7. The molecular formula is C38H40N2O8Si2. The monoisotopic (exact) mass is 708 g/mol. The first-order valence-corrected chi connectivity index (χ1v) is 22.4. The minimum atomic E-state index is -1.89. The molecule has 0 amide bonds. The standard InChI is InChI=1S/C38H40N2O8Si2/c1-8-34(41)45-22-10-24-49(4,5)29-16-12-27(13-17-29)37(43)47-32-20-21-33(36(40-3)31(32)26-39)48-38(44)28-14-18-30(19-15-28)50(6,7)25-11-23-46-35(42)9-2/h8-9,12-21H,1-2,10-11,22-25H2,4-7H3. The molecule has 0 bridgehead atoms. The maximum absolute atomic E-state index is 13.0. The molecule has 10 nitrogen and oxygen atoms in total. The fourth-order valence-electron chi connectivity index (χ4n) is 5.15. The summed E-state index contributed by atoms with van der Waals surface area (Å²) in [6, 6.07) is 20.4. The Morgan fingerprint density at radius 2 is 1.12 bits per heavy atom. The number of hydrogen-bond acceptors (Lipinski definition) is 9. The van der Waals surface area contributed by atoms with E-state index in [0.717, 1.165) is 34.6 Å². The van der Waals surface area contributed by atoms with Crippen molar-refractivity contribution in [3.05, 3.63) is 114 Å². The fraction of sp³-hybridized carbons (Fsp3) is 0.263. The van der Waals surface area contributed by atoms with Crippen LogP contribution in [-0.2, 0) is 19.1 Å². The Bertz CT molecular complexity index is 1700. The Morgan fingerprint density at radius 3 is 1.50 bits per heavy atom. The number of hydrogen-bond donors (Lipinski definition) is 0. The van der Waals surface area contributed by atoms with Crippen LogP contribution in [0.4, 0.5) is 5.69 Å². The first kappa shape index (κ1) is 38.9. The summed E-state index contributed by atoms with van der Waals surface area (Å²) in [6.07, 6.45) is 3.68. The van der Waals surface area contributed by atoms with E-state index in [1.165, 1.54) is 12.1 Å². The van der Waals surface area contributed by atoms with Crippen molar-refractivity contribution in [2.45, 2.75) is 51.1 Å². The molecule has 0 radical (unpaired) electrons. The molecule has 0 aliphatic rings. The van der Waals surface area contributed by atoms with Crippen LogP contribution < -0.4 is 19.8 Å². The molecule has 0 saturated carbocycles. The Hall–Kier alpha value is -5.57. The SMILES string of the molecule is [C-]#[N+]c1c(OC(=O)c2ccc([Si](C)(C)CCCOC(=O)C=C)cc2)ccc(OC(=O)c2ccc([Si](C)(C)CCCOC(=O)C=C)cc2)c1C#N. The molecule has 3 aromatic rings. The molecule has 50 heavy (non-hydrogen) atoms. The van der Waals surface area contributed by atoms with Crippen LogP contribution in [0.2, 0.25) is 38.3 Å². The normalized spacial score (nSPS) is 10.9. The summed E-state index contributed by atoms with van der Waals surface area (Å²) in [4.78, 5) is 52.1. The molecule has 0 aromatic heterocycles. The molecule has 0 unspecified atom stereocenters. The third-order valence-electron chi connectivity index (χ3n) is 8.25. The highest BCUT2D eigenvalue weighted by Crippen LogP contribution is 2.38. The van der Waals surface area contributed by atoms with Crippen molar-refractivity contribution in [2.24, 2.45) is 0 Å². The van der Waals surface area contributed by atoms with Crippen LogP contribution in [-0.4, -0.2) is 53.2 Å². The van der Waals surface area contributed by atoms with Gasteiger partial charge in [-0.25, -0.2) is 24.0 Å². The molecule has 0 saturated heterocycles. The number of benzene rings is 3. The van der Waals surface area contributed by atoms with Crippen LogP contribution in [0.25, 0.3) is 4.85 Å². The summed E-state index contributed by atoms with van der Waals surface area (Å²) in [5.74, 6) is -2.59. The van der Waals surface area contributed by atoms with Gasteiger partial charge in [-0.1, -0.05) is 86.1 Å². The predicted octanol–water partition coefficient (Wildman–Crippen LogP) is 6.62. The highest BCUT2D eigenvalue weighted by atomic mass is 28.3. The smallest absolute Gasteiger partial charge is 0.343 e. The molecule has 0 atom stereocenters. The van der Waals surface area contributed by atoms with E-state index < -0.39 is 40.0 Å². The predicted molar refractivity (Wildman–Crippen MR) is 196 cm³/mol. The summed E-state index contributed by atoms with van der Waals surface area (Å²) in [6.45, 7) is 23.8. The maximum atomic E-state index is 13.0. The summed E-state index contributed by atoms with van der Waals surface area (Å²) in [5.41, 5.74) is 0.0282. The van der Waals surface area contributed by atoms with Crippen LogP contribution in [0.3, 0.4) is 0 Å². The number of nitrogens with zero attached hydrogens (tertiary/aromatic N) is 2. The average molecular weight is 709 g/mol. The van der Waals surface area contributed by atoms with Gasteiger partial charge in [0.1, 0.15) is 17.1 Å². The van der Waals surface area contributed by atoms with E-state index in [2.05, 4.69) is 44.2 Å². The quantitative estimate of drug-likeness (QED) is 0.0402. The van der Waals surface area contributed by atoms with Crippen LogP contribution in [0.15, 0.2) is 86.0 Å². The van der Waals surface area contributed by atoms with Crippen molar-refractivity contribution < 1.29 is 38.1 Å². The molecular weight excluding hydrogens is 669 g/mol. The summed E-state index contributed by atoms with van der Waals surface area (Å²) >= 11 is 0. The van der Waals surface area contributed by atoms with Gasteiger partial charge in [-0.05, 0) is 49.2 Å². The third kappa shape index (κ3) is 10.5. The Labute approximate surface area is 294 Å². The van der Waals surface area contributed by atoms with E-state index in [9.17, 15) is 24.4 Å². The van der Waals surface area contributed by atoms with Crippen LogP contribution in [0, 0.1) is 17.9 Å². The molecule has 3 rings (SSSR count). The molecule has 0 heterocycles. The van der Waals surface area contributed by atoms with E-state index in [0.29, 0.717) is 26.1 Å². The largest absolute Gasteiger partial charge is 0.463 e. The Morgan fingerprint density at radius 1 is 0.720 bits per heavy atom. The summed E-state index contributed by atoms with van der Waals surface area (Å²) < 4.78 is 21.2. The minimum absolute atomic E-state index is 0.132. The van der Waals surface area contributed by atoms with Crippen molar-refractivity contribution in [3.8, 4) is 17.6 Å². The Kier molecular flexibility index (Phi) is 13.8. The van der Waals surface area contributed by atoms with E-state index in [1.807, 2.05) is 30.3 Å². The minimum Gasteiger partial charge on any atom is -0.463 e. The van der Waals surface area contributed by atoms with Crippen LogP contribution in [0.1, 0.15) is 39.1 Å². The van der Waals surface area contributed by atoms with Gasteiger partial charge in [-0.3, -0.25) is 0 Å². The van der Waals surface area contributed by atoms with Gasteiger partial charge in [0.05, 0.1) is 53.1 Å². The second kappa shape index (κ2) is 17.7. The molecule has 0 fully saturated rings. The number of esters is 4. The number of rotatable bonds is 16. The third-order valence-corrected chi connectivity index (χ3v) is 15.2. The first-order chi connectivity index (χ1) is 23.8. The molecule has 0 aliphatic heterocycles. The van der Waals surface area contributed by atoms with Crippen molar-refractivity contribution in [1.82, 2.24) is 0 Å². The van der Waals surface area contributed by atoms with Gasteiger partial charge in [0.2, 0.25) is 5.69 Å². The second-order valence-corrected chi connectivity index (χ2v) is 22.4. The van der Waals surface area contributed by atoms with E-state index in [1.54, 1.807) is 24.3 Å². The molecule has 3 aromatic carbocycles. The van der Waals surface area contributed by atoms with Gasteiger partial charge < -0.3 is 18.9 Å². The maximum Gasteiger partial charge on any atom is 0.343 e. The zero-order chi connectivity index (χ0) is 36.9. The molecule has 0 spiro atoms. The lowest BCUT2D eigenvalue weighted by atomic mass is 10.1. The lowest BCUT2D eigenvalue weighted by Gasteiger charge is -2.23. The average Bonchev–Trinajstić information content (AvgIpc) is 3.11. The molecule has 0 aliphatic carbocycles. The summed E-state index contributed by atoms with van der Waals surface area (Å²) in [7, 11) is -3.78. The number of nitriles is 1. The molecule has 0 N–H and O–H groups in total. The van der Waals surface area contributed by atoms with Crippen molar-refractivity contribution in [3.63, 3.8) is 0 Å². The highest BCUT2D eigenvalue weighted by molar-refractivity contribution is 6.90. The van der Waals surface area contributed by atoms with Crippen molar-refractivity contribution >= 4 is 56.1 Å². The lowest BCUT2D eigenvalue weighted by Crippen LogP contribution is -2.41. The van der Waals surface area contributed by atoms with Gasteiger partial charge in [0, 0.05) is 12.2 Å². The number of carbonyl (C=O) groups is 4. The van der Waals surface area contributed by atoms with Crippen LogP contribution >= 0.6 is 0 Å². The number of ether oxygens (including phenoxy) is 4. The van der Waals surface area contributed by atoms with Gasteiger partial charge in [-0.2, -0.15) is 5.26 Å². The van der Waals surface area contributed by atoms with Gasteiger partial charge >= 0.3 is 23.9 Å². The van der Waals surface area contributed by atoms with E-state index >= 15 is 0 Å². The van der Waals surface area contributed by atoms with Gasteiger partial charge in [0.15, 0.2) is 0 Å². The van der Waals surface area contributed by atoms with E-state index in [-0.39, 0.29) is 33.9 Å². The fourth-order valence-corrected chi connectivity index (χ4v) is 9.92. The van der Waals surface area contributed by atoms with Crippen molar-refractivity contribution in [1.29, 1.82) is 5.26 Å². The summed E-state index contributed by atoms with van der Waals surface area (Å²) in [5, 5.41) is 12.1. The Balaban J connectivity index is 1.67. The zero-order valence-corrected chi connectivity index (χ0v) is 30.7. The number of carbonyl (C=O) groups excluding carboxylic acids is 4. The van der Waals surface area contributed by atoms with E-state index in [4.69, 9.17) is 25.5 Å². The van der Waals surface area contributed by atoms with Gasteiger partial charge in [0.25, 0.3) is 0 Å². The first-order valence-electron chi connectivity index (χ1n) is 15.9.